The van der Waals surface area contributed by atoms with Gasteiger partial charge in [-0.15, -0.1) is 11.3 Å². The predicted octanol–water partition coefficient (Wildman–Crippen LogP) is 2.78. The fourth-order valence-electron chi connectivity index (χ4n) is 1.69. The molecule has 0 spiro atoms. The van der Waals surface area contributed by atoms with Gasteiger partial charge in [0.15, 0.2) is 0 Å². The Balaban J connectivity index is 2.11. The van der Waals surface area contributed by atoms with Crippen LogP contribution in [-0.4, -0.2) is 15.1 Å². The average molecular weight is 230 g/mol. The number of aliphatic hydroxyl groups is 1. The Hall–Kier alpha value is -1.65. The monoisotopic (exact) mass is 230 g/mol. The number of hydrogen-bond donors (Lipinski definition) is 2. The Kier molecular flexibility index (Phi) is 2.23. The largest absolute Gasteiger partial charge is 0.391 e. The third-order valence-corrected chi connectivity index (χ3v) is 3.49. The van der Waals surface area contributed by atoms with Crippen LogP contribution in [0.15, 0.2) is 36.5 Å². The van der Waals surface area contributed by atoms with Crippen molar-refractivity contribution in [3.05, 3.63) is 41.4 Å². The van der Waals surface area contributed by atoms with Crippen molar-refractivity contribution in [2.24, 2.45) is 0 Å². The van der Waals surface area contributed by atoms with Crippen LogP contribution in [0.2, 0.25) is 0 Å². The highest BCUT2D eigenvalue weighted by molar-refractivity contribution is 7.14. The van der Waals surface area contributed by atoms with Gasteiger partial charge in [-0.3, -0.25) is 0 Å². The maximum absolute atomic E-state index is 9.00. The van der Waals surface area contributed by atoms with Crippen LogP contribution in [-0.2, 0) is 6.61 Å². The van der Waals surface area contributed by atoms with Crippen LogP contribution in [0.4, 0.5) is 0 Å². The number of nitrogens with zero attached hydrogens (tertiary/aromatic N) is 1. The van der Waals surface area contributed by atoms with Crippen LogP contribution in [0.25, 0.3) is 21.6 Å². The molecular weight excluding hydrogens is 220 g/mol. The minimum absolute atomic E-state index is 0.0535. The van der Waals surface area contributed by atoms with Gasteiger partial charge in [0.25, 0.3) is 0 Å². The predicted molar refractivity (Wildman–Crippen MR) is 65.3 cm³/mol. The second kappa shape index (κ2) is 3.73. The van der Waals surface area contributed by atoms with E-state index in [2.05, 4.69) is 22.1 Å². The van der Waals surface area contributed by atoms with Gasteiger partial charge in [0, 0.05) is 17.1 Å². The number of thiazole rings is 1. The van der Waals surface area contributed by atoms with Gasteiger partial charge in [-0.1, -0.05) is 18.2 Å². The van der Waals surface area contributed by atoms with E-state index in [4.69, 9.17) is 5.11 Å². The molecule has 0 saturated heterocycles. The van der Waals surface area contributed by atoms with Crippen LogP contribution in [0, 0.1) is 0 Å². The van der Waals surface area contributed by atoms with Crippen molar-refractivity contribution in [1.82, 2.24) is 9.97 Å². The lowest BCUT2D eigenvalue weighted by molar-refractivity contribution is 0.285. The molecule has 0 unspecified atom stereocenters. The zero-order valence-electron chi connectivity index (χ0n) is 8.47. The van der Waals surface area contributed by atoms with E-state index >= 15 is 0 Å². The number of benzene rings is 1. The second-order valence-corrected chi connectivity index (χ2v) is 4.68. The summed E-state index contributed by atoms with van der Waals surface area (Å²) >= 11 is 1.51. The van der Waals surface area contributed by atoms with Crippen molar-refractivity contribution in [2.75, 3.05) is 0 Å². The quantitative estimate of drug-likeness (QED) is 0.711. The number of hydrogen-bond acceptors (Lipinski definition) is 3. The summed E-state index contributed by atoms with van der Waals surface area (Å²) < 4.78 is 0. The average Bonchev–Trinajstić information content (AvgIpc) is 2.95. The number of H-pyrrole nitrogens is 1. The number of nitrogens with one attached hydrogen (secondary N) is 1. The van der Waals surface area contributed by atoms with E-state index in [0.29, 0.717) is 0 Å². The fraction of sp³-hybridized carbons (Fsp3) is 0.0833. The molecule has 16 heavy (non-hydrogen) atoms. The molecule has 0 aliphatic carbocycles. The Morgan fingerprint density at radius 2 is 2.19 bits per heavy atom. The molecular formula is C12H10N2OS. The first-order valence-electron chi connectivity index (χ1n) is 5.00. The number of rotatable bonds is 2. The molecule has 0 bridgehead atoms. The molecule has 2 N–H and O–H groups in total. The molecule has 3 rings (SSSR count). The molecule has 3 nitrogen and oxygen atoms in total. The van der Waals surface area contributed by atoms with Crippen LogP contribution >= 0.6 is 11.3 Å². The summed E-state index contributed by atoms with van der Waals surface area (Å²) in [6, 6.07) is 10.2. The summed E-state index contributed by atoms with van der Waals surface area (Å²) in [5, 5.41) is 11.1. The van der Waals surface area contributed by atoms with Gasteiger partial charge < -0.3 is 10.1 Å². The summed E-state index contributed by atoms with van der Waals surface area (Å²) in [6.45, 7) is 0.0535. The van der Waals surface area contributed by atoms with E-state index in [1.54, 1.807) is 6.20 Å². The Morgan fingerprint density at radius 3 is 2.94 bits per heavy atom. The van der Waals surface area contributed by atoms with Crippen molar-refractivity contribution < 1.29 is 5.11 Å². The lowest BCUT2D eigenvalue weighted by Crippen LogP contribution is -1.72. The first-order valence-corrected chi connectivity index (χ1v) is 5.82. The smallest absolute Gasteiger partial charge is 0.139 e. The maximum Gasteiger partial charge on any atom is 0.139 e. The highest BCUT2D eigenvalue weighted by atomic mass is 32.1. The van der Waals surface area contributed by atoms with Gasteiger partial charge in [0.2, 0.25) is 0 Å². The van der Waals surface area contributed by atoms with Gasteiger partial charge in [0.1, 0.15) is 5.01 Å². The number of aromatic amines is 1. The molecule has 0 atom stereocenters. The summed E-state index contributed by atoms with van der Waals surface area (Å²) in [4.78, 5) is 8.48. The van der Waals surface area contributed by atoms with Crippen LogP contribution in [0.1, 0.15) is 4.88 Å². The SMILES string of the molecule is OCc1cnc(-c2cc3ccccc3[nH]2)s1. The first kappa shape index (κ1) is 9.57. The van der Waals surface area contributed by atoms with E-state index in [1.165, 1.54) is 16.7 Å². The van der Waals surface area contributed by atoms with Crippen molar-refractivity contribution in [1.29, 1.82) is 0 Å². The lowest BCUT2D eigenvalue weighted by atomic mass is 10.2. The normalized spacial score (nSPS) is 11.1. The highest BCUT2D eigenvalue weighted by Crippen LogP contribution is 2.27. The van der Waals surface area contributed by atoms with Crippen molar-refractivity contribution in [3.63, 3.8) is 0 Å². The maximum atomic E-state index is 9.00. The third kappa shape index (κ3) is 1.52. The van der Waals surface area contributed by atoms with E-state index in [1.807, 2.05) is 18.2 Å². The Bertz CT molecular complexity index is 594. The molecule has 0 amide bonds. The fourth-order valence-corrected chi connectivity index (χ4v) is 2.44. The summed E-state index contributed by atoms with van der Waals surface area (Å²) in [7, 11) is 0. The highest BCUT2D eigenvalue weighted by Gasteiger charge is 2.07. The van der Waals surface area contributed by atoms with Crippen molar-refractivity contribution in [2.45, 2.75) is 6.61 Å². The first-order chi connectivity index (χ1) is 7.86. The molecule has 2 aromatic heterocycles. The van der Waals surface area contributed by atoms with Crippen LogP contribution in [0.3, 0.4) is 0 Å². The van der Waals surface area contributed by atoms with E-state index in [9.17, 15) is 0 Å². The minimum atomic E-state index is 0.0535. The van der Waals surface area contributed by atoms with E-state index in [0.717, 1.165) is 21.1 Å². The van der Waals surface area contributed by atoms with Gasteiger partial charge in [-0.2, -0.15) is 0 Å². The summed E-state index contributed by atoms with van der Waals surface area (Å²) in [5.74, 6) is 0. The molecule has 0 fully saturated rings. The number of aliphatic hydroxyl groups excluding tert-OH is 1. The molecule has 0 saturated carbocycles. The second-order valence-electron chi connectivity index (χ2n) is 3.56. The molecule has 3 aromatic rings. The molecule has 80 valence electrons. The minimum Gasteiger partial charge on any atom is -0.391 e. The summed E-state index contributed by atoms with van der Waals surface area (Å²) in [5.41, 5.74) is 2.11. The standard InChI is InChI=1S/C12H10N2OS/c15-7-9-6-13-12(16-9)11-5-8-3-1-2-4-10(8)14-11/h1-6,14-15H,7H2. The van der Waals surface area contributed by atoms with Crippen LogP contribution in [0.5, 0.6) is 0 Å². The Labute approximate surface area is 96.4 Å². The number of aromatic nitrogens is 2. The molecule has 2 heterocycles. The zero-order valence-corrected chi connectivity index (χ0v) is 9.29. The lowest BCUT2D eigenvalue weighted by Gasteiger charge is -1.88. The number of para-hydroxylation sites is 1. The Morgan fingerprint density at radius 1 is 1.31 bits per heavy atom. The molecule has 1 aromatic carbocycles. The molecule has 0 aliphatic rings. The van der Waals surface area contributed by atoms with Crippen molar-refractivity contribution >= 4 is 22.2 Å². The van der Waals surface area contributed by atoms with Crippen LogP contribution < -0.4 is 0 Å². The summed E-state index contributed by atoms with van der Waals surface area (Å²) in [6.07, 6.45) is 1.71. The topological polar surface area (TPSA) is 48.9 Å². The molecule has 4 heteroatoms. The van der Waals surface area contributed by atoms with Gasteiger partial charge >= 0.3 is 0 Å². The molecule has 0 aliphatic heterocycles. The van der Waals surface area contributed by atoms with Gasteiger partial charge in [-0.05, 0) is 12.1 Å². The zero-order chi connectivity index (χ0) is 11.0. The number of fused-ring (bicyclic) bond motifs is 1. The molecule has 0 radical (unpaired) electrons. The van der Waals surface area contributed by atoms with Crippen molar-refractivity contribution in [3.8, 4) is 10.7 Å². The third-order valence-electron chi connectivity index (χ3n) is 2.47. The van der Waals surface area contributed by atoms with E-state index < -0.39 is 0 Å². The van der Waals surface area contributed by atoms with Gasteiger partial charge in [0.05, 0.1) is 17.2 Å². The van der Waals surface area contributed by atoms with E-state index in [-0.39, 0.29) is 6.61 Å². The van der Waals surface area contributed by atoms with Gasteiger partial charge in [-0.25, -0.2) is 4.98 Å².